The van der Waals surface area contributed by atoms with Crippen molar-refractivity contribution in [1.82, 2.24) is 45.6 Å². The van der Waals surface area contributed by atoms with Gasteiger partial charge in [0.1, 0.15) is 16.2 Å². The fourth-order valence-corrected chi connectivity index (χ4v) is 18.9. The lowest BCUT2D eigenvalue weighted by Gasteiger charge is -2.28. The Kier molecular flexibility index (Phi) is 34.1. The van der Waals surface area contributed by atoms with E-state index in [-0.39, 0.29) is 64.2 Å². The van der Waals surface area contributed by atoms with Crippen LogP contribution in [-0.4, -0.2) is 278 Å². The Balaban J connectivity index is 0.000000168. The van der Waals surface area contributed by atoms with Crippen molar-refractivity contribution in [2.45, 2.75) is 122 Å². The highest BCUT2D eigenvalue weighted by Gasteiger charge is 2.69. The number of amides is 18. The van der Waals surface area contributed by atoms with E-state index in [1.807, 2.05) is 12.1 Å². The van der Waals surface area contributed by atoms with E-state index in [1.165, 1.54) is 12.2 Å². The lowest BCUT2D eigenvalue weighted by atomic mass is 9.73. The van der Waals surface area contributed by atoms with Gasteiger partial charge in [-0.3, -0.25) is 106 Å². The van der Waals surface area contributed by atoms with Crippen LogP contribution in [0, 0.1) is 23.7 Å². The Hall–Kier alpha value is -15.6. The number of rotatable bonds is 17. The molecule has 6 N–H and O–H groups in total. The van der Waals surface area contributed by atoms with E-state index in [0.717, 1.165) is 0 Å². The number of hydroxylamine groups is 18. The van der Waals surface area contributed by atoms with Gasteiger partial charge in [0.05, 0.1) is 53.4 Å². The Morgan fingerprint density at radius 3 is 0.674 bits per heavy atom. The van der Waals surface area contributed by atoms with Crippen LogP contribution in [0.1, 0.15) is 92.2 Å². The highest BCUT2D eigenvalue weighted by Crippen LogP contribution is 2.51. The van der Waals surface area contributed by atoms with Crippen molar-refractivity contribution in [3.05, 3.63) is 228 Å². The number of halogens is 5. The molecule has 6 aromatic carbocycles. The molecule has 11 heterocycles. The van der Waals surface area contributed by atoms with E-state index in [9.17, 15) is 128 Å². The minimum Gasteiger partial charge on any atom is -0.380 e. The smallest absolute Gasteiger partial charge is 0.380 e. The van der Waals surface area contributed by atoms with Gasteiger partial charge in [-0.1, -0.05) is 233 Å². The zero-order chi connectivity index (χ0) is 106. The van der Waals surface area contributed by atoms with Gasteiger partial charge in [-0.05, 0) is 46.2 Å². The molecule has 12 unspecified atom stereocenters. The van der Waals surface area contributed by atoms with Crippen LogP contribution in [0.2, 0.25) is 0 Å². The number of carbonyl (C=O) groups is 25. The van der Waals surface area contributed by atoms with Gasteiger partial charge in [0, 0.05) is 70.8 Å². The molecule has 17 rings (SSSR count). The third-order valence-electron chi connectivity index (χ3n) is 23.0. The molecule has 57 heteroatoms. The number of nitrogens with zero attached hydrogens (tertiary/aromatic N) is 9. The van der Waals surface area contributed by atoms with Crippen molar-refractivity contribution in [2.75, 3.05) is 0 Å². The van der Waals surface area contributed by atoms with Crippen LogP contribution in [0.25, 0.3) is 0 Å². The first-order valence-corrected chi connectivity index (χ1v) is 44.9. The summed E-state index contributed by atoms with van der Waals surface area (Å²) >= 11 is 24.6. The summed E-state index contributed by atoms with van der Waals surface area (Å²) in [6.45, 7) is 3.56. The van der Waals surface area contributed by atoms with Gasteiger partial charge in [0.2, 0.25) is 0 Å². The van der Waals surface area contributed by atoms with Crippen LogP contribution >= 0.6 is 58.0 Å². The summed E-state index contributed by atoms with van der Waals surface area (Å²) in [6, 6.07) is 52.6. The number of aliphatic hydroxyl groups excluding tert-OH is 6. The number of fused-ring (bicyclic) bond motifs is 5. The third kappa shape index (κ3) is 21.7. The van der Waals surface area contributed by atoms with Crippen molar-refractivity contribution < 1.29 is 202 Å². The molecular formula is C87H70Cl5N9O42S. The minimum atomic E-state index is -3.52. The molecule has 11 aliphatic heterocycles. The summed E-state index contributed by atoms with van der Waals surface area (Å²) in [6.07, 6.45) is -12.7. The molecule has 0 radical (unpaired) electrons. The van der Waals surface area contributed by atoms with E-state index >= 15 is 0 Å². The molecular weight excluding hydrogens is 2050 g/mol. The van der Waals surface area contributed by atoms with Crippen LogP contribution < -0.4 is 0 Å². The normalized spacial score (nSPS) is 24.1. The van der Waals surface area contributed by atoms with Crippen LogP contribution in [0.3, 0.4) is 0 Å². The second-order valence-corrected chi connectivity index (χ2v) is 34.9. The van der Waals surface area contributed by atoms with E-state index in [2.05, 4.69) is 33.9 Å². The topological polar surface area (TPSA) is 695 Å². The predicted octanol–water partition coefficient (Wildman–Crippen LogP) is 2.74. The van der Waals surface area contributed by atoms with Gasteiger partial charge in [0.15, 0.2) is 46.5 Å². The number of carbonyl (C=O) groups excluding carboxylic acids is 25. The second kappa shape index (κ2) is 45.1. The SMILES string of the molecule is CCC1CC(=O)N(OC(=O)Cl)C1=O.CCC1CC(=O)N(OC(=O)Cl)C1=O.O=C(Cl)ON1C(=O)C(O)C(O)C1=O.O=C(Cl)ON1C(=O)C2C(C1=O)C1C=CC2S1(=O)=O.O=C(Cl)ON1C(=O)CC(c2ccccc2)(c2ccccc2)C1=O.O=C(ON1C(=O)C(O)C(O)C1=O)ON1C(=O)C(O)C(O)C1=O.O=C(ON1C(=O)CC(c2ccccc2)(c2ccccc2)C1=O)ON1C(=O)CC(c2ccccc2)(c2ccccc2)C1=O. The maximum absolute atomic E-state index is 13.8. The average Bonchev–Trinajstić information content (AvgIpc) is 1.53. The van der Waals surface area contributed by atoms with Gasteiger partial charge < -0.3 is 54.8 Å². The predicted molar refractivity (Wildman–Crippen MR) is 464 cm³/mol. The summed E-state index contributed by atoms with van der Waals surface area (Å²) in [4.78, 5) is 330. The first-order valence-electron chi connectivity index (χ1n) is 41.4. The van der Waals surface area contributed by atoms with E-state index in [4.69, 9.17) is 98.3 Å². The van der Waals surface area contributed by atoms with Crippen LogP contribution in [0.4, 0.5) is 33.6 Å². The molecule has 11 aliphatic rings. The second-order valence-electron chi connectivity index (χ2n) is 31.1. The Bertz CT molecular complexity index is 5950. The lowest BCUT2D eigenvalue weighted by Crippen LogP contribution is -2.43. The zero-order valence-corrected chi connectivity index (χ0v) is 77.7. The molecule has 6 aromatic rings. The molecule has 756 valence electrons. The molecule has 10 fully saturated rings. The molecule has 12 atom stereocenters. The highest BCUT2D eigenvalue weighted by atomic mass is 35.5. The van der Waals surface area contributed by atoms with E-state index in [0.29, 0.717) is 71.5 Å². The first-order chi connectivity index (χ1) is 68.0. The average molecular weight is 2120 g/mol. The summed E-state index contributed by atoms with van der Waals surface area (Å²) in [5.41, 5.74) is -7.01. The van der Waals surface area contributed by atoms with Gasteiger partial charge in [0.25, 0.3) is 106 Å². The molecule has 0 aromatic heterocycles. The Labute approximate surface area is 830 Å². The number of benzene rings is 6. The van der Waals surface area contributed by atoms with Crippen LogP contribution in [0.15, 0.2) is 194 Å². The first kappa shape index (κ1) is 109. The summed E-state index contributed by atoms with van der Waals surface area (Å²) < 4.78 is 23.7. The van der Waals surface area contributed by atoms with Crippen molar-refractivity contribution in [3.63, 3.8) is 0 Å². The van der Waals surface area contributed by atoms with Crippen molar-refractivity contribution >= 4 is 214 Å². The van der Waals surface area contributed by atoms with Gasteiger partial charge in [-0.15, -0.1) is 20.3 Å². The minimum absolute atomic E-state index is 0.0787. The fraction of sp³-hybridized carbons (Fsp3) is 0.276. The van der Waals surface area contributed by atoms with Crippen LogP contribution in [0.5, 0.6) is 0 Å². The maximum Gasteiger partial charge on any atom is 0.560 e. The molecule has 18 amide bonds. The third-order valence-corrected chi connectivity index (χ3v) is 25.7. The van der Waals surface area contributed by atoms with Crippen molar-refractivity contribution in [3.8, 4) is 0 Å². The highest BCUT2D eigenvalue weighted by molar-refractivity contribution is 7.93. The quantitative estimate of drug-likeness (QED) is 0.0434. The monoisotopic (exact) mass is 2120 g/mol. The van der Waals surface area contributed by atoms with E-state index in [1.54, 1.807) is 184 Å². The number of hydrogen-bond acceptors (Lipinski definition) is 42. The summed E-state index contributed by atoms with van der Waals surface area (Å²) in [5, 5.41) is 53.5. The van der Waals surface area contributed by atoms with Gasteiger partial charge in [-0.25, -0.2) is 32.4 Å². The number of aliphatic hydroxyl groups is 6. The number of sulfone groups is 1. The number of hydrogen-bond donors (Lipinski definition) is 6. The molecule has 10 saturated heterocycles. The fourth-order valence-electron chi connectivity index (χ4n) is 16.2. The standard InChI is InChI=1S/C33H24N2O7.C17H12ClNO4.C9H6ClNO6S.C9H8N2O11.2C7H8ClNO4.C5H4ClNO6/c36-27-21-32(23-13-5-1-6-14-23,24-15-7-2-8-16-24)29(38)34(27)41-31(40)42-35-28(37)22-33(30(35)39,25-17-9-3-10-18-25)26-19-11-4-12-20-26;18-16(22)23-19-14(20)11-17(15(19)21,12-7-3-1-4-8-12)13-9-5-2-6-10-13;10-9(14)17-11-7(12)5-3-1-2-4(18(3,15)16)6(5)8(11)13;12-1-2(13)6(17)10(5(1)16)21-9(20)22-11-7(18)3(14)4(15)8(11)19;2*1-2-4-3-5(10)9(6(4)11)13-7(8)12;6-5(12)13-7-3(10)1(8)2(9)4(7)11/h1-20H,21-22H2;1-10H,11H2;1-6H;1-4,12-15H;2*4H,2-3H2,1H3;1-2,8-9H. The lowest BCUT2D eigenvalue weighted by molar-refractivity contribution is -0.202. The zero-order valence-electron chi connectivity index (χ0n) is 73.1. The van der Waals surface area contributed by atoms with Gasteiger partial charge in [-0.2, -0.15) is 9.59 Å². The maximum atomic E-state index is 13.8. The molecule has 2 bridgehead atoms. The Morgan fingerprint density at radius 2 is 0.465 bits per heavy atom. The summed E-state index contributed by atoms with van der Waals surface area (Å²) in [5.74, 6) is -19.3. The van der Waals surface area contributed by atoms with Crippen molar-refractivity contribution in [2.24, 2.45) is 23.7 Å². The van der Waals surface area contributed by atoms with Gasteiger partial charge >= 0.3 is 39.5 Å². The number of imide groups is 9. The molecule has 144 heavy (non-hydrogen) atoms. The van der Waals surface area contributed by atoms with E-state index < -0.39 is 231 Å². The molecule has 0 aliphatic carbocycles. The largest absolute Gasteiger partial charge is 0.560 e. The summed E-state index contributed by atoms with van der Waals surface area (Å²) in [7, 11) is -3.52. The molecule has 0 saturated carbocycles. The Morgan fingerprint density at radius 1 is 0.278 bits per heavy atom. The van der Waals surface area contributed by atoms with Crippen LogP contribution in [-0.2, 0) is 156 Å². The molecule has 0 spiro atoms. The molecule has 51 nitrogen and oxygen atoms in total. The van der Waals surface area contributed by atoms with Crippen molar-refractivity contribution in [1.29, 1.82) is 0 Å².